The Hall–Kier alpha value is -3.57. The van der Waals surface area contributed by atoms with Gasteiger partial charge in [0.25, 0.3) is 0 Å². The van der Waals surface area contributed by atoms with E-state index in [4.69, 9.17) is 30.2 Å². The van der Waals surface area contributed by atoms with Crippen LogP contribution in [0.4, 0.5) is 15.3 Å². The Morgan fingerprint density at radius 2 is 1.98 bits per heavy atom. The molecular formula is C33H38FN9O2S. The van der Waals surface area contributed by atoms with Gasteiger partial charge in [0.1, 0.15) is 16.9 Å². The second-order valence-electron chi connectivity index (χ2n) is 14.3. The number of morpholine rings is 1. The molecule has 9 rings (SSSR count). The van der Waals surface area contributed by atoms with E-state index < -0.39 is 0 Å². The molecule has 4 aromatic rings. The van der Waals surface area contributed by atoms with Crippen LogP contribution in [0.1, 0.15) is 56.6 Å². The molecule has 0 radical (unpaired) electrons. The first-order valence-corrected chi connectivity index (χ1v) is 17.3. The number of nitrogens with zero attached hydrogens (tertiary/aromatic N) is 7. The van der Waals surface area contributed by atoms with Gasteiger partial charge in [0.15, 0.2) is 11.2 Å². The molecule has 3 saturated heterocycles. The number of halogens is 1. The Balaban J connectivity index is 1.04. The summed E-state index contributed by atoms with van der Waals surface area (Å²) in [5, 5.41) is 14.4. The van der Waals surface area contributed by atoms with Crippen molar-refractivity contribution in [3.63, 3.8) is 0 Å². The fraction of sp³-hybridized carbons (Fsp3) is 0.576. The summed E-state index contributed by atoms with van der Waals surface area (Å²) in [5.74, 6) is 0.771. The summed E-state index contributed by atoms with van der Waals surface area (Å²) in [6, 6.07) is 6.19. The number of anilines is 2. The molecule has 5 aliphatic rings. The number of nitrogen functional groups attached to an aromatic ring is 1. The van der Waals surface area contributed by atoms with Gasteiger partial charge in [-0.1, -0.05) is 6.07 Å². The molecule has 2 aliphatic carbocycles. The number of imidazole rings is 1. The summed E-state index contributed by atoms with van der Waals surface area (Å²) in [6.07, 6.45) is 8.90. The smallest absolute Gasteiger partial charge is 0.247 e. The topological polar surface area (TPSA) is 130 Å². The maximum Gasteiger partial charge on any atom is 0.247 e. The van der Waals surface area contributed by atoms with Crippen LogP contribution < -0.4 is 20.7 Å². The number of nitriles is 1. The zero-order valence-electron chi connectivity index (χ0n) is 26.0. The second-order valence-corrected chi connectivity index (χ2v) is 15.4. The normalized spacial score (nSPS) is 26.2. The highest BCUT2D eigenvalue weighted by atomic mass is 32.1. The van der Waals surface area contributed by atoms with Crippen LogP contribution in [0.3, 0.4) is 0 Å². The van der Waals surface area contributed by atoms with Crippen molar-refractivity contribution in [3.05, 3.63) is 35.4 Å². The lowest BCUT2D eigenvalue weighted by Crippen LogP contribution is -2.51. The van der Waals surface area contributed by atoms with E-state index in [1.807, 2.05) is 4.57 Å². The Morgan fingerprint density at radius 1 is 1.17 bits per heavy atom. The minimum atomic E-state index is -0.381. The highest BCUT2D eigenvalue weighted by Gasteiger charge is 2.52. The predicted octanol–water partition coefficient (Wildman–Crippen LogP) is 4.04. The third-order valence-electron chi connectivity index (χ3n) is 10.6. The van der Waals surface area contributed by atoms with E-state index in [0.29, 0.717) is 68.9 Å². The van der Waals surface area contributed by atoms with E-state index in [9.17, 15) is 9.65 Å². The minimum absolute atomic E-state index is 0.0801. The number of hydrogen-bond acceptors (Lipinski definition) is 11. The van der Waals surface area contributed by atoms with Crippen LogP contribution >= 0.6 is 11.3 Å². The Kier molecular flexibility index (Phi) is 6.52. The zero-order chi connectivity index (χ0) is 31.2. The summed E-state index contributed by atoms with van der Waals surface area (Å²) in [4.78, 5) is 19.7. The molecule has 2 saturated carbocycles. The van der Waals surface area contributed by atoms with Crippen LogP contribution in [0, 0.1) is 22.6 Å². The number of nitrogens with one attached hydrogen (secondary N) is 1. The number of thiophene rings is 1. The fourth-order valence-electron chi connectivity index (χ4n) is 8.00. The van der Waals surface area contributed by atoms with Gasteiger partial charge < -0.3 is 30.0 Å². The van der Waals surface area contributed by atoms with Crippen LogP contribution in [0.25, 0.3) is 21.3 Å². The van der Waals surface area contributed by atoms with Gasteiger partial charge in [-0.3, -0.25) is 4.90 Å². The Bertz CT molecular complexity index is 1880. The van der Waals surface area contributed by atoms with Crippen molar-refractivity contribution in [2.75, 3.05) is 50.0 Å². The molecule has 240 valence electrons. The highest BCUT2D eigenvalue weighted by molar-refractivity contribution is 7.23. The maximum absolute atomic E-state index is 14.8. The summed E-state index contributed by atoms with van der Waals surface area (Å²) in [7, 11) is 0. The van der Waals surface area contributed by atoms with E-state index in [0.717, 1.165) is 88.1 Å². The van der Waals surface area contributed by atoms with Crippen LogP contribution in [0.5, 0.6) is 5.88 Å². The van der Waals surface area contributed by atoms with Crippen molar-refractivity contribution in [2.24, 2.45) is 5.41 Å². The molecule has 0 amide bonds. The number of aromatic nitrogens is 4. The summed E-state index contributed by atoms with van der Waals surface area (Å²) < 4.78 is 30.0. The first-order chi connectivity index (χ1) is 22.3. The van der Waals surface area contributed by atoms with E-state index in [1.54, 1.807) is 12.4 Å². The van der Waals surface area contributed by atoms with Crippen molar-refractivity contribution < 1.29 is 13.9 Å². The summed E-state index contributed by atoms with van der Waals surface area (Å²) >= 11 is 1.11. The summed E-state index contributed by atoms with van der Waals surface area (Å²) in [6.45, 7) is 7.77. The van der Waals surface area contributed by atoms with Gasteiger partial charge in [0.2, 0.25) is 11.8 Å². The van der Waals surface area contributed by atoms with Crippen molar-refractivity contribution in [3.8, 4) is 11.9 Å². The third kappa shape index (κ3) is 4.97. The molecule has 11 nitrogen and oxygen atoms in total. The van der Waals surface area contributed by atoms with Gasteiger partial charge >= 0.3 is 0 Å². The monoisotopic (exact) mass is 643 g/mol. The van der Waals surface area contributed by atoms with Crippen LogP contribution in [0.15, 0.2) is 18.5 Å². The van der Waals surface area contributed by atoms with E-state index >= 15 is 0 Å². The molecule has 3 atom stereocenters. The number of piperazine rings is 1. The summed E-state index contributed by atoms with van der Waals surface area (Å²) in [5.41, 5.74) is 8.68. The molecule has 46 heavy (non-hydrogen) atoms. The van der Waals surface area contributed by atoms with Crippen LogP contribution in [0.2, 0.25) is 0 Å². The van der Waals surface area contributed by atoms with Gasteiger partial charge in [-0.25, -0.2) is 9.37 Å². The van der Waals surface area contributed by atoms with Crippen LogP contribution in [-0.2, 0) is 11.3 Å². The fourth-order valence-corrected chi connectivity index (χ4v) is 8.97. The Morgan fingerprint density at radius 3 is 2.72 bits per heavy atom. The van der Waals surface area contributed by atoms with Crippen molar-refractivity contribution >= 4 is 43.5 Å². The largest absolute Gasteiger partial charge is 0.475 e. The second kappa shape index (κ2) is 10.5. The number of nitrogens with two attached hydrogens (primary N) is 1. The molecule has 3 aliphatic heterocycles. The molecule has 3 aromatic heterocycles. The number of hydrogen-bond donors (Lipinski definition) is 2. The SMILES string of the molecule is C[C@H]1CN(CC2(COc3nc(N4CC5CCC(C4)N5)nc4c3ncn4Cc3ccc(F)c4sc(N)c(C#N)c34)CC2)CC2(CC2)O1. The van der Waals surface area contributed by atoms with Crippen molar-refractivity contribution in [1.82, 2.24) is 29.7 Å². The number of rotatable bonds is 8. The van der Waals surface area contributed by atoms with Gasteiger partial charge in [0.05, 0.1) is 41.4 Å². The molecule has 1 aromatic carbocycles. The number of ether oxygens (including phenoxy) is 2. The lowest BCUT2D eigenvalue weighted by atomic mass is 10.1. The number of fused-ring (bicyclic) bond motifs is 4. The van der Waals surface area contributed by atoms with Gasteiger partial charge in [-0.05, 0) is 57.1 Å². The standard InChI is InChI=1S/C33H38FN9O2S/c1-19-11-41(16-33(45-19)8-9-33)15-32(6-7-32)17-44-30-26-29(39-31(40-30)42-13-21-3-4-22(14-42)38-21)43(18-37-26)12-20-2-5-24(34)27-25(20)23(10-35)28(36)46-27/h2,5,18-19,21-22,38H,3-4,6-9,11-17,36H2,1H3/t19-,21?,22?/m0/s1. The van der Waals surface area contributed by atoms with Crippen molar-refractivity contribution in [1.29, 1.82) is 5.26 Å². The van der Waals surface area contributed by atoms with E-state index in [-0.39, 0.29) is 22.9 Å². The first kappa shape index (κ1) is 28.6. The lowest BCUT2D eigenvalue weighted by Gasteiger charge is -2.39. The minimum Gasteiger partial charge on any atom is -0.475 e. The lowest BCUT2D eigenvalue weighted by molar-refractivity contribution is -0.0981. The van der Waals surface area contributed by atoms with Gasteiger partial charge in [-0.15, -0.1) is 11.3 Å². The first-order valence-electron chi connectivity index (χ1n) is 16.5. The molecule has 13 heteroatoms. The molecular weight excluding hydrogens is 605 g/mol. The average Bonchev–Trinajstić information content (AvgIpc) is 3.84. The molecule has 5 fully saturated rings. The maximum atomic E-state index is 14.8. The highest BCUT2D eigenvalue weighted by Crippen LogP contribution is 2.49. The van der Waals surface area contributed by atoms with Crippen molar-refractivity contribution in [2.45, 2.75) is 75.8 Å². The average molecular weight is 644 g/mol. The predicted molar refractivity (Wildman–Crippen MR) is 174 cm³/mol. The van der Waals surface area contributed by atoms with E-state index in [1.165, 1.54) is 6.07 Å². The van der Waals surface area contributed by atoms with Crippen LogP contribution in [-0.4, -0.2) is 87.5 Å². The molecule has 3 N–H and O–H groups in total. The third-order valence-corrected chi connectivity index (χ3v) is 11.6. The number of benzene rings is 1. The molecule has 2 bridgehead atoms. The van der Waals surface area contributed by atoms with Gasteiger partial charge in [-0.2, -0.15) is 15.2 Å². The molecule has 6 heterocycles. The molecule has 2 unspecified atom stereocenters. The molecule has 1 spiro atoms. The Labute approximate surface area is 270 Å². The zero-order valence-corrected chi connectivity index (χ0v) is 26.8. The van der Waals surface area contributed by atoms with E-state index in [2.05, 4.69) is 28.1 Å². The quantitative estimate of drug-likeness (QED) is 0.290. The van der Waals surface area contributed by atoms with Gasteiger partial charge in [0, 0.05) is 55.6 Å².